The average Bonchev–Trinajstić information content (AvgIpc) is 2.61. The maximum absolute atomic E-state index is 12.7. The van der Waals surface area contributed by atoms with Gasteiger partial charge in [0.2, 0.25) is 5.91 Å². The Hall–Kier alpha value is -2.83. The standard InChI is InChI=1S/C22H30N4O3/c1-14(2)29-22(28)25-13-15(3)26(16(4)27)20-9-8-17(10-21(20)25)18(11-23)12-24-19-6-5-7-19/h8-12,14-15,19H,5-7,13,23H2,1-4H3. The molecule has 29 heavy (non-hydrogen) atoms. The Morgan fingerprint density at radius 3 is 2.55 bits per heavy atom. The summed E-state index contributed by atoms with van der Waals surface area (Å²) in [6.07, 6.45) is 6.11. The number of hydrogen-bond donors (Lipinski definition) is 1. The molecule has 2 aliphatic rings. The number of nitrogens with two attached hydrogens (primary N) is 1. The van der Waals surface area contributed by atoms with Crippen molar-refractivity contribution >= 4 is 35.2 Å². The van der Waals surface area contributed by atoms with Gasteiger partial charge in [-0.2, -0.15) is 0 Å². The lowest BCUT2D eigenvalue weighted by molar-refractivity contribution is -0.117. The van der Waals surface area contributed by atoms with E-state index in [-0.39, 0.29) is 18.1 Å². The van der Waals surface area contributed by atoms with Gasteiger partial charge in [0.25, 0.3) is 0 Å². The highest BCUT2D eigenvalue weighted by atomic mass is 16.6. The van der Waals surface area contributed by atoms with Gasteiger partial charge in [0, 0.05) is 37.5 Å². The van der Waals surface area contributed by atoms with Crippen molar-refractivity contribution in [1.82, 2.24) is 0 Å². The number of hydrogen-bond acceptors (Lipinski definition) is 5. The molecule has 3 rings (SSSR count). The van der Waals surface area contributed by atoms with Crippen LogP contribution in [0.2, 0.25) is 0 Å². The van der Waals surface area contributed by atoms with Gasteiger partial charge in [-0.25, -0.2) is 4.79 Å². The molecule has 2 amide bonds. The quantitative estimate of drug-likeness (QED) is 0.783. The number of anilines is 2. The fourth-order valence-electron chi connectivity index (χ4n) is 3.66. The van der Waals surface area contributed by atoms with E-state index in [9.17, 15) is 9.59 Å². The smallest absolute Gasteiger partial charge is 0.414 e. The Kier molecular flexibility index (Phi) is 6.25. The van der Waals surface area contributed by atoms with Crippen molar-refractivity contribution in [3.8, 4) is 0 Å². The van der Waals surface area contributed by atoms with Gasteiger partial charge >= 0.3 is 6.09 Å². The number of carbonyl (C=O) groups is 2. The van der Waals surface area contributed by atoms with Crippen molar-refractivity contribution in [3.05, 3.63) is 30.0 Å². The lowest BCUT2D eigenvalue weighted by atomic mass is 9.94. The number of nitrogens with zero attached hydrogens (tertiary/aromatic N) is 3. The van der Waals surface area contributed by atoms with Crippen LogP contribution in [0.5, 0.6) is 0 Å². The van der Waals surface area contributed by atoms with E-state index < -0.39 is 6.09 Å². The molecule has 0 bridgehead atoms. The fraction of sp³-hybridized carbons (Fsp3) is 0.500. The molecule has 1 saturated carbocycles. The minimum absolute atomic E-state index is 0.0653. The van der Waals surface area contributed by atoms with Gasteiger partial charge in [0.1, 0.15) is 0 Å². The molecular formula is C22H30N4O3. The Labute approximate surface area is 172 Å². The number of benzene rings is 1. The summed E-state index contributed by atoms with van der Waals surface area (Å²) in [6.45, 7) is 7.45. The molecule has 1 aliphatic heterocycles. The van der Waals surface area contributed by atoms with Gasteiger partial charge in [0.15, 0.2) is 0 Å². The van der Waals surface area contributed by atoms with Gasteiger partial charge in [-0.05, 0) is 57.7 Å². The maximum atomic E-state index is 12.7. The van der Waals surface area contributed by atoms with E-state index in [4.69, 9.17) is 10.5 Å². The molecule has 0 aromatic heterocycles. The second kappa shape index (κ2) is 8.68. The Morgan fingerprint density at radius 1 is 1.28 bits per heavy atom. The second-order valence-corrected chi connectivity index (χ2v) is 7.97. The van der Waals surface area contributed by atoms with Crippen LogP contribution in [0.3, 0.4) is 0 Å². The van der Waals surface area contributed by atoms with Crippen molar-refractivity contribution < 1.29 is 14.3 Å². The number of carbonyl (C=O) groups excluding carboxylic acids is 2. The van der Waals surface area contributed by atoms with Crippen molar-refractivity contribution in [2.75, 3.05) is 16.3 Å². The number of allylic oxidation sites excluding steroid dienone is 1. The summed E-state index contributed by atoms with van der Waals surface area (Å²) in [6, 6.07) is 5.86. The minimum atomic E-state index is -0.421. The molecule has 1 aliphatic carbocycles. The Bertz CT molecular complexity index is 842. The van der Waals surface area contributed by atoms with Crippen molar-refractivity contribution in [1.29, 1.82) is 0 Å². The molecule has 0 saturated heterocycles. The van der Waals surface area contributed by atoms with Crippen LogP contribution in [-0.4, -0.2) is 42.9 Å². The summed E-state index contributed by atoms with van der Waals surface area (Å²) in [7, 11) is 0. The van der Waals surface area contributed by atoms with E-state index in [0.29, 0.717) is 24.0 Å². The second-order valence-electron chi connectivity index (χ2n) is 7.97. The van der Waals surface area contributed by atoms with E-state index in [0.717, 1.165) is 24.0 Å². The maximum Gasteiger partial charge on any atom is 0.414 e. The average molecular weight is 399 g/mol. The number of aliphatic imine (C=N–C) groups is 1. The highest BCUT2D eigenvalue weighted by molar-refractivity contribution is 6.11. The Balaban J connectivity index is 2.00. The summed E-state index contributed by atoms with van der Waals surface area (Å²) in [4.78, 5) is 32.9. The summed E-state index contributed by atoms with van der Waals surface area (Å²) in [5.41, 5.74) is 8.81. The van der Waals surface area contributed by atoms with E-state index in [1.165, 1.54) is 19.5 Å². The molecule has 7 nitrogen and oxygen atoms in total. The van der Waals surface area contributed by atoms with Crippen molar-refractivity contribution in [2.45, 2.75) is 65.1 Å². The molecule has 0 radical (unpaired) electrons. The van der Waals surface area contributed by atoms with Crippen LogP contribution in [0, 0.1) is 0 Å². The SMILES string of the molecule is CC(=O)N1c2ccc(C(C=NC3CCC3)=CN)cc2N(C(=O)OC(C)C)CC1C. The van der Waals surface area contributed by atoms with Gasteiger partial charge in [-0.1, -0.05) is 6.07 Å². The van der Waals surface area contributed by atoms with Crippen LogP contribution < -0.4 is 15.5 Å². The molecule has 1 fully saturated rings. The molecule has 2 N–H and O–H groups in total. The number of fused-ring (bicyclic) bond motifs is 1. The van der Waals surface area contributed by atoms with Gasteiger partial charge < -0.3 is 15.4 Å². The lowest BCUT2D eigenvalue weighted by Crippen LogP contribution is -2.51. The molecule has 1 atom stereocenters. The third kappa shape index (κ3) is 4.44. The minimum Gasteiger partial charge on any atom is -0.446 e. The first-order valence-corrected chi connectivity index (χ1v) is 10.2. The summed E-state index contributed by atoms with van der Waals surface area (Å²) >= 11 is 0. The topological polar surface area (TPSA) is 88.2 Å². The zero-order valence-corrected chi connectivity index (χ0v) is 17.6. The number of amides is 2. The van der Waals surface area contributed by atoms with Gasteiger partial charge in [0.05, 0.1) is 23.5 Å². The van der Waals surface area contributed by atoms with E-state index in [1.807, 2.05) is 39.0 Å². The predicted molar refractivity (Wildman–Crippen MR) is 116 cm³/mol. The summed E-state index contributed by atoms with van der Waals surface area (Å²) < 4.78 is 5.44. The van der Waals surface area contributed by atoms with Gasteiger partial charge in [-0.3, -0.25) is 14.7 Å². The lowest BCUT2D eigenvalue weighted by Gasteiger charge is -2.40. The monoisotopic (exact) mass is 398 g/mol. The number of rotatable bonds is 4. The highest BCUT2D eigenvalue weighted by Gasteiger charge is 2.34. The fourth-order valence-corrected chi connectivity index (χ4v) is 3.66. The van der Waals surface area contributed by atoms with Crippen LogP contribution in [-0.2, 0) is 9.53 Å². The first-order chi connectivity index (χ1) is 13.8. The highest BCUT2D eigenvalue weighted by Crippen LogP contribution is 2.38. The van der Waals surface area contributed by atoms with Crippen LogP contribution in [0.1, 0.15) is 52.5 Å². The van der Waals surface area contributed by atoms with Crippen LogP contribution in [0.25, 0.3) is 5.57 Å². The predicted octanol–water partition coefficient (Wildman–Crippen LogP) is 3.72. The first kappa shape index (κ1) is 20.9. The normalized spacial score (nSPS) is 20.0. The number of ether oxygens (including phenoxy) is 1. The molecule has 156 valence electrons. The zero-order valence-electron chi connectivity index (χ0n) is 17.6. The largest absolute Gasteiger partial charge is 0.446 e. The van der Waals surface area contributed by atoms with Crippen molar-refractivity contribution in [3.63, 3.8) is 0 Å². The zero-order chi connectivity index (χ0) is 21.1. The van der Waals surface area contributed by atoms with Gasteiger partial charge in [-0.15, -0.1) is 0 Å². The molecule has 0 spiro atoms. The molecule has 1 aromatic carbocycles. The third-order valence-corrected chi connectivity index (χ3v) is 5.32. The van der Waals surface area contributed by atoms with Crippen LogP contribution in [0.15, 0.2) is 29.4 Å². The summed E-state index contributed by atoms with van der Waals surface area (Å²) in [5, 5.41) is 0. The van der Waals surface area contributed by atoms with Crippen LogP contribution >= 0.6 is 0 Å². The molecule has 1 unspecified atom stereocenters. The first-order valence-electron chi connectivity index (χ1n) is 10.2. The molecule has 1 aromatic rings. The van der Waals surface area contributed by atoms with E-state index in [1.54, 1.807) is 16.0 Å². The van der Waals surface area contributed by atoms with E-state index in [2.05, 4.69) is 4.99 Å². The molecular weight excluding hydrogens is 368 g/mol. The molecule has 7 heteroatoms. The molecule has 1 heterocycles. The van der Waals surface area contributed by atoms with E-state index >= 15 is 0 Å². The Morgan fingerprint density at radius 2 is 2.00 bits per heavy atom. The third-order valence-electron chi connectivity index (χ3n) is 5.32. The van der Waals surface area contributed by atoms with Crippen LogP contribution in [0.4, 0.5) is 16.2 Å². The summed E-state index contributed by atoms with van der Waals surface area (Å²) in [5.74, 6) is -0.0653. The van der Waals surface area contributed by atoms with Crippen molar-refractivity contribution in [2.24, 2.45) is 10.7 Å².